The lowest BCUT2D eigenvalue weighted by atomic mass is 10.2. The summed E-state index contributed by atoms with van der Waals surface area (Å²) in [5, 5.41) is 71.9. The Morgan fingerprint density at radius 2 is 1.36 bits per heavy atom. The number of hydrogen-bond donors (Lipinski definition) is 8. The number of aliphatic hydroxyl groups excluding tert-OH is 8. The lowest BCUT2D eigenvalue weighted by molar-refractivity contribution is -0.148. The van der Waals surface area contributed by atoms with Gasteiger partial charge >= 0.3 is 17.9 Å². The van der Waals surface area contributed by atoms with Crippen LogP contribution in [0.3, 0.4) is 0 Å². The molecule has 4 aliphatic heterocycles. The third kappa shape index (κ3) is 6.99. The molecule has 220 valence electrons. The van der Waals surface area contributed by atoms with Gasteiger partial charge in [-0.3, -0.25) is 0 Å². The minimum Gasteiger partial charge on any atom is -0.505 e. The van der Waals surface area contributed by atoms with Crippen molar-refractivity contribution in [2.75, 3.05) is 40.8 Å². The standard InChI is InChI=1S/C7H8O6.2C7H10O6/c8-4-5(9)7(10)13-6(4)3-1-11-2-12-3;1-12-6-4(10)7(11)13-5(6)3(9)2-8;1-12-6-4(10)5(3(9)2-8)13-7(6)11/h3,6,8-9H,1-2H2;2*3,5,8-10H,2H2,1H3/t;3-,5?;/m.0./s1. The Hall–Kier alpha value is -3.81. The molecule has 4 aliphatic rings. The first-order chi connectivity index (χ1) is 18.4. The molecule has 4 heterocycles. The van der Waals surface area contributed by atoms with Gasteiger partial charge in [0.15, 0.2) is 35.6 Å². The molecule has 39 heavy (non-hydrogen) atoms. The Morgan fingerprint density at radius 1 is 0.795 bits per heavy atom. The topological polar surface area (TPSA) is 278 Å². The van der Waals surface area contributed by atoms with E-state index in [4.69, 9.17) is 40.1 Å². The van der Waals surface area contributed by atoms with E-state index in [2.05, 4.69) is 23.7 Å². The number of carbonyl (C=O) groups excluding carboxylic acids is 3. The monoisotopic (exact) mass is 568 g/mol. The number of carbonyl (C=O) groups is 3. The lowest BCUT2D eigenvalue weighted by Gasteiger charge is -2.16. The molecule has 18 heteroatoms. The molecule has 4 rings (SSSR count). The summed E-state index contributed by atoms with van der Waals surface area (Å²) < 4.78 is 32.7. The van der Waals surface area contributed by atoms with E-state index in [1.165, 1.54) is 14.2 Å². The van der Waals surface area contributed by atoms with Gasteiger partial charge in [0.1, 0.15) is 25.1 Å². The van der Waals surface area contributed by atoms with Gasteiger partial charge in [-0.2, -0.15) is 0 Å². The summed E-state index contributed by atoms with van der Waals surface area (Å²) in [6.45, 7) is -0.862. The van der Waals surface area contributed by atoms with E-state index in [1.807, 2.05) is 0 Å². The zero-order valence-corrected chi connectivity index (χ0v) is 20.5. The van der Waals surface area contributed by atoms with Crippen molar-refractivity contribution in [1.82, 2.24) is 0 Å². The summed E-state index contributed by atoms with van der Waals surface area (Å²) in [6, 6.07) is 0. The van der Waals surface area contributed by atoms with Gasteiger partial charge in [-0.05, 0) is 0 Å². The highest BCUT2D eigenvalue weighted by Gasteiger charge is 2.42. The maximum absolute atomic E-state index is 10.9. The number of ether oxygens (including phenoxy) is 7. The van der Waals surface area contributed by atoms with Crippen LogP contribution in [-0.4, -0.2) is 136 Å². The summed E-state index contributed by atoms with van der Waals surface area (Å²) in [6.07, 6.45) is -6.45. The van der Waals surface area contributed by atoms with E-state index in [9.17, 15) is 24.6 Å². The van der Waals surface area contributed by atoms with E-state index in [0.29, 0.717) is 0 Å². The van der Waals surface area contributed by atoms with E-state index in [0.717, 1.165) is 0 Å². The highest BCUT2D eigenvalue weighted by molar-refractivity contribution is 5.90. The smallest absolute Gasteiger partial charge is 0.378 e. The molecule has 0 bridgehead atoms. The fourth-order valence-electron chi connectivity index (χ4n) is 3.27. The average Bonchev–Trinajstić information content (AvgIpc) is 3.68. The van der Waals surface area contributed by atoms with Crippen LogP contribution in [0.1, 0.15) is 0 Å². The third-order valence-electron chi connectivity index (χ3n) is 5.26. The van der Waals surface area contributed by atoms with Crippen LogP contribution in [0.25, 0.3) is 0 Å². The SMILES string of the molecule is COC1=C(O)C(=O)OC1[C@@H](O)CO.COC1=C(O)C(C(O)CO)OC1=O.O=C1OC(C2COCO2)C(O)=C1O. The summed E-state index contributed by atoms with van der Waals surface area (Å²) in [5.41, 5.74) is 0. The Balaban J connectivity index is 0.000000205. The molecule has 8 N–H and O–H groups in total. The quantitative estimate of drug-likeness (QED) is 0.112. The highest BCUT2D eigenvalue weighted by Crippen LogP contribution is 2.26. The molecule has 0 spiro atoms. The normalized spacial score (nSPS) is 27.7. The number of hydrogen-bond acceptors (Lipinski definition) is 18. The van der Waals surface area contributed by atoms with Crippen LogP contribution in [0.15, 0.2) is 34.6 Å². The summed E-state index contributed by atoms with van der Waals surface area (Å²) in [4.78, 5) is 32.4. The minimum absolute atomic E-state index is 0.104. The zero-order valence-electron chi connectivity index (χ0n) is 20.5. The zero-order chi connectivity index (χ0) is 29.4. The van der Waals surface area contributed by atoms with Crippen molar-refractivity contribution in [1.29, 1.82) is 0 Å². The van der Waals surface area contributed by atoms with Gasteiger partial charge < -0.3 is 74.0 Å². The van der Waals surface area contributed by atoms with E-state index in [-0.39, 0.29) is 24.9 Å². The van der Waals surface area contributed by atoms with Crippen molar-refractivity contribution in [3.63, 3.8) is 0 Å². The van der Waals surface area contributed by atoms with Crippen LogP contribution in [-0.2, 0) is 47.5 Å². The molecule has 5 unspecified atom stereocenters. The van der Waals surface area contributed by atoms with Gasteiger partial charge in [-0.15, -0.1) is 0 Å². The molecule has 0 aliphatic carbocycles. The predicted octanol–water partition coefficient (Wildman–Crippen LogP) is -3.03. The molecule has 1 fully saturated rings. The first-order valence-electron chi connectivity index (χ1n) is 10.9. The Morgan fingerprint density at radius 3 is 1.79 bits per heavy atom. The van der Waals surface area contributed by atoms with Crippen LogP contribution in [0.4, 0.5) is 0 Å². The van der Waals surface area contributed by atoms with Crippen molar-refractivity contribution in [3.05, 3.63) is 34.6 Å². The summed E-state index contributed by atoms with van der Waals surface area (Å²) in [5.74, 6) is -5.64. The molecule has 18 nitrogen and oxygen atoms in total. The van der Waals surface area contributed by atoms with Gasteiger partial charge in [-0.1, -0.05) is 0 Å². The molecule has 0 radical (unpaired) electrons. The van der Waals surface area contributed by atoms with Crippen LogP contribution in [0, 0.1) is 0 Å². The second-order valence-corrected chi connectivity index (χ2v) is 7.74. The second kappa shape index (κ2) is 13.8. The largest absolute Gasteiger partial charge is 0.505 e. The summed E-state index contributed by atoms with van der Waals surface area (Å²) in [7, 11) is 2.42. The Bertz CT molecular complexity index is 1010. The number of rotatable bonds is 7. The molecule has 1 saturated heterocycles. The van der Waals surface area contributed by atoms with Crippen LogP contribution < -0.4 is 0 Å². The minimum atomic E-state index is -1.34. The van der Waals surface area contributed by atoms with Crippen molar-refractivity contribution in [2.24, 2.45) is 0 Å². The van der Waals surface area contributed by atoms with E-state index in [1.54, 1.807) is 0 Å². The van der Waals surface area contributed by atoms with Gasteiger partial charge in [0.05, 0.1) is 34.0 Å². The molecular formula is C21H28O18. The maximum atomic E-state index is 10.9. The van der Waals surface area contributed by atoms with Gasteiger partial charge in [0.2, 0.25) is 17.3 Å². The van der Waals surface area contributed by atoms with E-state index < -0.39 is 90.8 Å². The van der Waals surface area contributed by atoms with Gasteiger partial charge in [0.25, 0.3) is 0 Å². The van der Waals surface area contributed by atoms with Gasteiger partial charge in [-0.25, -0.2) is 14.4 Å². The number of methoxy groups -OCH3 is 2. The maximum Gasteiger partial charge on any atom is 0.378 e. The lowest BCUT2D eigenvalue weighted by Crippen LogP contribution is -2.32. The summed E-state index contributed by atoms with van der Waals surface area (Å²) >= 11 is 0. The van der Waals surface area contributed by atoms with Crippen LogP contribution >= 0.6 is 0 Å². The molecule has 0 saturated carbocycles. The first-order valence-corrected chi connectivity index (χ1v) is 10.9. The molecular weight excluding hydrogens is 540 g/mol. The third-order valence-corrected chi connectivity index (χ3v) is 5.26. The van der Waals surface area contributed by atoms with Gasteiger partial charge in [0, 0.05) is 0 Å². The second-order valence-electron chi connectivity index (χ2n) is 7.74. The molecule has 0 aromatic heterocycles. The molecule has 6 atom stereocenters. The first kappa shape index (κ1) is 31.4. The van der Waals surface area contributed by atoms with Crippen LogP contribution in [0.5, 0.6) is 0 Å². The fourth-order valence-corrected chi connectivity index (χ4v) is 3.27. The van der Waals surface area contributed by atoms with Crippen molar-refractivity contribution in [3.8, 4) is 0 Å². The molecule has 0 aromatic carbocycles. The number of aliphatic hydroxyl groups is 8. The predicted molar refractivity (Wildman–Crippen MR) is 117 cm³/mol. The fraction of sp³-hybridized carbons (Fsp3) is 0.571. The van der Waals surface area contributed by atoms with Crippen LogP contribution in [0.2, 0.25) is 0 Å². The Kier molecular flexibility index (Phi) is 11.1. The average molecular weight is 568 g/mol. The molecule has 0 aromatic rings. The number of cyclic esters (lactones) is 3. The van der Waals surface area contributed by atoms with Crippen molar-refractivity contribution in [2.45, 2.75) is 36.6 Å². The highest BCUT2D eigenvalue weighted by atomic mass is 16.7. The Labute approximate surface area is 219 Å². The van der Waals surface area contributed by atoms with E-state index >= 15 is 0 Å². The number of esters is 3. The van der Waals surface area contributed by atoms with Crippen molar-refractivity contribution >= 4 is 17.9 Å². The molecule has 0 amide bonds. The van der Waals surface area contributed by atoms with Crippen molar-refractivity contribution < 1.29 is 88.4 Å².